The number of carbonyl (C=O) groups excluding carboxylic acids is 1. The Morgan fingerprint density at radius 2 is 1.72 bits per heavy atom. The van der Waals surface area contributed by atoms with Crippen molar-refractivity contribution in [1.29, 1.82) is 0 Å². The third-order valence-electron chi connectivity index (χ3n) is 3.95. The molecule has 0 radical (unpaired) electrons. The van der Waals surface area contributed by atoms with Gasteiger partial charge in [-0.3, -0.25) is 4.79 Å². The minimum atomic E-state index is -3.80. The van der Waals surface area contributed by atoms with Gasteiger partial charge < -0.3 is 9.64 Å². The van der Waals surface area contributed by atoms with Gasteiger partial charge in [0.15, 0.2) is 11.6 Å². The van der Waals surface area contributed by atoms with Crippen molar-refractivity contribution in [2.24, 2.45) is 5.92 Å². The lowest BCUT2D eigenvalue weighted by Gasteiger charge is -2.34. The minimum Gasteiger partial charge on any atom is -0.488 e. The second-order valence-corrected chi connectivity index (χ2v) is 8.58. The topological polar surface area (TPSA) is 66.9 Å². The fourth-order valence-corrected chi connectivity index (χ4v) is 4.09. The van der Waals surface area contributed by atoms with Gasteiger partial charge in [0, 0.05) is 32.1 Å². The van der Waals surface area contributed by atoms with Crippen LogP contribution in [0.4, 0.5) is 4.39 Å². The van der Waals surface area contributed by atoms with Gasteiger partial charge in [0.2, 0.25) is 15.9 Å². The van der Waals surface area contributed by atoms with E-state index < -0.39 is 15.8 Å². The molecule has 1 saturated heterocycles. The van der Waals surface area contributed by atoms with E-state index in [0.717, 1.165) is 6.07 Å². The van der Waals surface area contributed by atoms with E-state index in [2.05, 4.69) is 0 Å². The normalized spacial score (nSPS) is 16.5. The first-order chi connectivity index (χ1) is 11.6. The average molecular weight is 372 g/mol. The highest BCUT2D eigenvalue weighted by atomic mass is 32.2. The lowest BCUT2D eigenvalue weighted by molar-refractivity contribution is -0.135. The molecule has 0 aromatic heterocycles. The molecule has 1 heterocycles. The van der Waals surface area contributed by atoms with E-state index in [0.29, 0.717) is 13.1 Å². The zero-order valence-electron chi connectivity index (χ0n) is 15.0. The monoisotopic (exact) mass is 372 g/mol. The van der Waals surface area contributed by atoms with Crippen LogP contribution in [-0.4, -0.2) is 55.8 Å². The van der Waals surface area contributed by atoms with Gasteiger partial charge in [-0.2, -0.15) is 4.31 Å². The molecule has 1 aliphatic rings. The standard InChI is InChI=1S/C17H25FN2O4S/c1-12(2)17(21)19-7-9-20(10-8-19)25(22,23)14-5-6-16(15(18)11-14)24-13(3)4/h5-6,11-13H,7-10H2,1-4H3. The molecule has 1 amide bonds. The maximum atomic E-state index is 14.1. The van der Waals surface area contributed by atoms with Crippen molar-refractivity contribution in [3.05, 3.63) is 24.0 Å². The molecule has 8 heteroatoms. The van der Waals surface area contributed by atoms with Crippen molar-refractivity contribution in [2.75, 3.05) is 26.2 Å². The van der Waals surface area contributed by atoms with Crippen molar-refractivity contribution in [1.82, 2.24) is 9.21 Å². The predicted molar refractivity (Wildman–Crippen MR) is 92.3 cm³/mol. The number of piperazine rings is 1. The summed E-state index contributed by atoms with van der Waals surface area (Å²) >= 11 is 0. The summed E-state index contributed by atoms with van der Waals surface area (Å²) in [5.41, 5.74) is 0. The van der Waals surface area contributed by atoms with E-state index in [1.54, 1.807) is 18.7 Å². The molecule has 2 rings (SSSR count). The first kappa shape index (κ1) is 19.7. The molecule has 140 valence electrons. The van der Waals surface area contributed by atoms with Gasteiger partial charge in [-0.15, -0.1) is 0 Å². The van der Waals surface area contributed by atoms with E-state index in [4.69, 9.17) is 4.74 Å². The van der Waals surface area contributed by atoms with Crippen LogP contribution in [0.1, 0.15) is 27.7 Å². The van der Waals surface area contributed by atoms with Crippen LogP contribution in [-0.2, 0) is 14.8 Å². The second kappa shape index (κ2) is 7.70. The Labute approximate surface area is 148 Å². The lowest BCUT2D eigenvalue weighted by atomic mass is 10.2. The van der Waals surface area contributed by atoms with Crippen LogP contribution >= 0.6 is 0 Å². The average Bonchev–Trinajstić information content (AvgIpc) is 2.55. The van der Waals surface area contributed by atoms with Gasteiger partial charge in [0.1, 0.15) is 0 Å². The maximum Gasteiger partial charge on any atom is 0.243 e. The Bertz CT molecular complexity index is 726. The number of nitrogens with zero attached hydrogens (tertiary/aromatic N) is 2. The maximum absolute atomic E-state index is 14.1. The van der Waals surface area contributed by atoms with Crippen LogP contribution in [0.3, 0.4) is 0 Å². The van der Waals surface area contributed by atoms with Gasteiger partial charge in [0.05, 0.1) is 11.0 Å². The van der Waals surface area contributed by atoms with E-state index in [9.17, 15) is 17.6 Å². The number of hydrogen-bond donors (Lipinski definition) is 0. The molecule has 0 N–H and O–H groups in total. The molecule has 0 saturated carbocycles. The Morgan fingerprint density at radius 1 is 1.12 bits per heavy atom. The molecule has 0 unspecified atom stereocenters. The summed E-state index contributed by atoms with van der Waals surface area (Å²) in [7, 11) is -3.80. The van der Waals surface area contributed by atoms with Gasteiger partial charge in [-0.1, -0.05) is 13.8 Å². The SMILES string of the molecule is CC(C)Oc1ccc(S(=O)(=O)N2CCN(C(=O)C(C)C)CC2)cc1F. The number of ether oxygens (including phenoxy) is 1. The molecule has 0 aliphatic carbocycles. The Balaban J connectivity index is 2.12. The van der Waals surface area contributed by atoms with Crippen LogP contribution < -0.4 is 4.74 Å². The number of carbonyl (C=O) groups is 1. The van der Waals surface area contributed by atoms with E-state index in [-0.39, 0.29) is 41.7 Å². The van der Waals surface area contributed by atoms with Crippen LogP contribution in [0.5, 0.6) is 5.75 Å². The van der Waals surface area contributed by atoms with Gasteiger partial charge in [-0.05, 0) is 32.0 Å². The van der Waals surface area contributed by atoms with Crippen molar-refractivity contribution in [3.8, 4) is 5.75 Å². The number of amides is 1. The highest BCUT2D eigenvalue weighted by molar-refractivity contribution is 7.89. The zero-order chi connectivity index (χ0) is 18.8. The Hall–Kier alpha value is -1.67. The first-order valence-electron chi connectivity index (χ1n) is 8.38. The van der Waals surface area contributed by atoms with E-state index in [1.165, 1.54) is 16.4 Å². The van der Waals surface area contributed by atoms with Gasteiger partial charge in [-0.25, -0.2) is 12.8 Å². The summed E-state index contributed by atoms with van der Waals surface area (Å²) in [6, 6.07) is 3.67. The van der Waals surface area contributed by atoms with Crippen LogP contribution in [0.2, 0.25) is 0 Å². The van der Waals surface area contributed by atoms with Crippen molar-refractivity contribution >= 4 is 15.9 Å². The molecule has 1 aromatic carbocycles. The highest BCUT2D eigenvalue weighted by Crippen LogP contribution is 2.25. The molecule has 6 nitrogen and oxygen atoms in total. The Morgan fingerprint density at radius 3 is 2.20 bits per heavy atom. The summed E-state index contributed by atoms with van der Waals surface area (Å²) in [5, 5.41) is 0. The predicted octanol–water partition coefficient (Wildman–Crippen LogP) is 2.10. The molecule has 0 atom stereocenters. The van der Waals surface area contributed by atoms with E-state index in [1.807, 2.05) is 13.8 Å². The van der Waals surface area contributed by atoms with Gasteiger partial charge in [0.25, 0.3) is 0 Å². The van der Waals surface area contributed by atoms with E-state index >= 15 is 0 Å². The number of halogens is 1. The number of sulfonamides is 1. The first-order valence-corrected chi connectivity index (χ1v) is 9.82. The summed E-state index contributed by atoms with van der Waals surface area (Å²) in [6.45, 7) is 8.24. The Kier molecular flexibility index (Phi) is 6.05. The molecule has 1 fully saturated rings. The summed E-state index contributed by atoms with van der Waals surface area (Å²) in [6.07, 6.45) is -0.205. The highest BCUT2D eigenvalue weighted by Gasteiger charge is 2.31. The van der Waals surface area contributed by atoms with Crippen molar-refractivity contribution in [3.63, 3.8) is 0 Å². The summed E-state index contributed by atoms with van der Waals surface area (Å²) < 4.78 is 46.1. The van der Waals surface area contributed by atoms with Crippen LogP contribution in [0.25, 0.3) is 0 Å². The lowest BCUT2D eigenvalue weighted by Crippen LogP contribution is -2.51. The number of benzene rings is 1. The molecular formula is C17H25FN2O4S. The fraction of sp³-hybridized carbons (Fsp3) is 0.588. The summed E-state index contributed by atoms with van der Waals surface area (Å²) in [5.74, 6) is -0.784. The zero-order valence-corrected chi connectivity index (χ0v) is 15.8. The van der Waals surface area contributed by atoms with Crippen molar-refractivity contribution < 1.29 is 22.3 Å². The quantitative estimate of drug-likeness (QED) is 0.794. The van der Waals surface area contributed by atoms with Crippen molar-refractivity contribution in [2.45, 2.75) is 38.7 Å². The second-order valence-electron chi connectivity index (χ2n) is 6.64. The van der Waals surface area contributed by atoms with Gasteiger partial charge >= 0.3 is 0 Å². The molecule has 25 heavy (non-hydrogen) atoms. The third kappa shape index (κ3) is 4.49. The molecule has 0 bridgehead atoms. The minimum absolute atomic E-state index is 0.0123. The van der Waals surface area contributed by atoms with Crippen LogP contribution in [0.15, 0.2) is 23.1 Å². The third-order valence-corrected chi connectivity index (χ3v) is 5.84. The number of rotatable bonds is 5. The number of hydrogen-bond acceptors (Lipinski definition) is 4. The van der Waals surface area contributed by atoms with Crippen LogP contribution in [0, 0.1) is 11.7 Å². The fourth-order valence-electron chi connectivity index (χ4n) is 2.65. The largest absolute Gasteiger partial charge is 0.488 e. The smallest absolute Gasteiger partial charge is 0.243 e. The molecule has 1 aromatic rings. The molecule has 1 aliphatic heterocycles. The summed E-state index contributed by atoms with van der Waals surface area (Å²) in [4.78, 5) is 13.5. The molecule has 0 spiro atoms. The molecular weight excluding hydrogens is 347 g/mol.